The summed E-state index contributed by atoms with van der Waals surface area (Å²) >= 11 is 6.14. The Bertz CT molecular complexity index is 1250. The van der Waals surface area contributed by atoms with Gasteiger partial charge in [-0.3, -0.25) is 4.98 Å². The molecule has 0 atom stereocenters. The first-order valence-corrected chi connectivity index (χ1v) is 15.1. The normalized spacial score (nSPS) is 20.9. The van der Waals surface area contributed by atoms with Crippen molar-refractivity contribution in [3.05, 3.63) is 64.8 Å². The van der Waals surface area contributed by atoms with Gasteiger partial charge in [0.25, 0.3) is 0 Å². The second kappa shape index (κ2) is 9.26. The molecule has 0 spiro atoms. The Morgan fingerprint density at radius 3 is 2.39 bits per heavy atom. The molecule has 1 saturated carbocycles. The van der Waals surface area contributed by atoms with Gasteiger partial charge in [0, 0.05) is 39.9 Å². The highest BCUT2D eigenvalue weighted by Gasteiger charge is 2.50. The van der Waals surface area contributed by atoms with Crippen LogP contribution in [0, 0.1) is 5.82 Å². The van der Waals surface area contributed by atoms with E-state index in [-0.39, 0.29) is 22.3 Å². The molecule has 1 aliphatic rings. The summed E-state index contributed by atoms with van der Waals surface area (Å²) in [7, 11) is -2.02. The fourth-order valence-corrected chi connectivity index (χ4v) is 5.90. The van der Waals surface area contributed by atoms with Gasteiger partial charge in [-0.25, -0.2) is 9.37 Å². The SMILES string of the molecule is CC(C)(C)[Si](C)(C)OC1CC(CNc2cc(C(F)(F)F)nc3ccc(Cl)cc23)(c2ccc(F)cn2)C1. The lowest BCUT2D eigenvalue weighted by atomic mass is 9.64. The fraction of sp³-hybridized carbons (Fsp3) is 0.462. The van der Waals surface area contributed by atoms with Crippen LogP contribution in [0.2, 0.25) is 23.2 Å². The summed E-state index contributed by atoms with van der Waals surface area (Å²) in [5.41, 5.74) is -0.350. The minimum Gasteiger partial charge on any atom is -0.414 e. The molecule has 2 aromatic heterocycles. The number of hydrogen-bond donors (Lipinski definition) is 1. The van der Waals surface area contributed by atoms with Gasteiger partial charge in [-0.2, -0.15) is 13.2 Å². The Hall–Kier alpha value is -2.23. The van der Waals surface area contributed by atoms with E-state index >= 15 is 0 Å². The van der Waals surface area contributed by atoms with E-state index in [0.29, 0.717) is 35.5 Å². The molecule has 0 aliphatic heterocycles. The number of alkyl halides is 3. The lowest BCUT2D eigenvalue weighted by molar-refractivity contribution is -0.140. The van der Waals surface area contributed by atoms with E-state index in [0.717, 1.165) is 6.07 Å². The highest BCUT2D eigenvalue weighted by Crippen LogP contribution is 2.48. The maximum atomic E-state index is 13.6. The van der Waals surface area contributed by atoms with Crippen molar-refractivity contribution in [3.63, 3.8) is 0 Å². The topological polar surface area (TPSA) is 47.0 Å². The number of rotatable bonds is 6. The minimum atomic E-state index is -4.60. The summed E-state index contributed by atoms with van der Waals surface area (Å²) in [5, 5.41) is 4.15. The van der Waals surface area contributed by atoms with E-state index in [2.05, 4.69) is 49.1 Å². The molecule has 0 unspecified atom stereocenters. The van der Waals surface area contributed by atoms with Crippen molar-refractivity contribution in [2.45, 2.75) is 69.4 Å². The molecule has 0 radical (unpaired) electrons. The first-order valence-electron chi connectivity index (χ1n) is 11.8. The molecule has 10 heteroatoms. The number of hydrogen-bond acceptors (Lipinski definition) is 4. The van der Waals surface area contributed by atoms with Crippen LogP contribution < -0.4 is 5.32 Å². The number of nitrogens with zero attached hydrogens (tertiary/aromatic N) is 2. The van der Waals surface area contributed by atoms with Crippen LogP contribution in [0.1, 0.15) is 45.0 Å². The van der Waals surface area contributed by atoms with Crippen molar-refractivity contribution in [3.8, 4) is 0 Å². The average Bonchev–Trinajstić information content (AvgIpc) is 2.74. The van der Waals surface area contributed by atoms with Crippen LogP contribution in [-0.4, -0.2) is 30.9 Å². The number of pyridine rings is 2. The van der Waals surface area contributed by atoms with E-state index in [1.165, 1.54) is 24.4 Å². The lowest BCUT2D eigenvalue weighted by Crippen LogP contribution is -2.55. The molecule has 36 heavy (non-hydrogen) atoms. The molecule has 0 amide bonds. The molecule has 0 saturated heterocycles. The molecule has 1 fully saturated rings. The van der Waals surface area contributed by atoms with Gasteiger partial charge in [-0.15, -0.1) is 0 Å². The van der Waals surface area contributed by atoms with E-state index < -0.39 is 31.4 Å². The first-order chi connectivity index (χ1) is 16.6. The van der Waals surface area contributed by atoms with Crippen LogP contribution in [0.25, 0.3) is 10.9 Å². The third-order valence-electron chi connectivity index (χ3n) is 7.45. The smallest absolute Gasteiger partial charge is 0.414 e. The monoisotopic (exact) mass is 539 g/mol. The first kappa shape index (κ1) is 26.8. The second-order valence-corrected chi connectivity index (χ2v) is 16.3. The Morgan fingerprint density at radius 1 is 1.11 bits per heavy atom. The number of nitrogens with one attached hydrogen (secondary N) is 1. The van der Waals surface area contributed by atoms with Gasteiger partial charge >= 0.3 is 6.18 Å². The van der Waals surface area contributed by atoms with Gasteiger partial charge in [0.2, 0.25) is 0 Å². The molecular weight excluding hydrogens is 510 g/mol. The van der Waals surface area contributed by atoms with Gasteiger partial charge in [0.15, 0.2) is 8.32 Å². The number of benzene rings is 1. The van der Waals surface area contributed by atoms with Gasteiger partial charge in [-0.1, -0.05) is 32.4 Å². The van der Waals surface area contributed by atoms with E-state index in [9.17, 15) is 17.6 Å². The quantitative estimate of drug-likeness (QED) is 0.255. The summed E-state index contributed by atoms with van der Waals surface area (Å²) in [4.78, 5) is 8.10. The van der Waals surface area contributed by atoms with E-state index in [1.54, 1.807) is 12.1 Å². The van der Waals surface area contributed by atoms with Gasteiger partial charge in [0.05, 0.1) is 11.7 Å². The molecule has 194 valence electrons. The molecule has 3 aromatic rings. The summed E-state index contributed by atoms with van der Waals surface area (Å²) in [5.74, 6) is -0.445. The summed E-state index contributed by atoms with van der Waals surface area (Å²) in [6, 6.07) is 8.59. The lowest BCUT2D eigenvalue weighted by Gasteiger charge is -2.51. The van der Waals surface area contributed by atoms with Crippen molar-refractivity contribution >= 4 is 36.5 Å². The predicted molar refractivity (Wildman–Crippen MR) is 137 cm³/mol. The minimum absolute atomic E-state index is 0.00564. The number of anilines is 1. The molecule has 1 N–H and O–H groups in total. The molecule has 2 heterocycles. The molecule has 0 bridgehead atoms. The second-order valence-electron chi connectivity index (χ2n) is 11.1. The average molecular weight is 540 g/mol. The number of aromatic nitrogens is 2. The van der Waals surface area contributed by atoms with Crippen LogP contribution in [0.15, 0.2) is 42.6 Å². The Morgan fingerprint density at radius 2 is 1.81 bits per heavy atom. The van der Waals surface area contributed by atoms with Gasteiger partial charge in [0.1, 0.15) is 11.5 Å². The van der Waals surface area contributed by atoms with E-state index in [4.69, 9.17) is 16.0 Å². The Labute approximate surface area is 214 Å². The number of halogens is 5. The zero-order valence-electron chi connectivity index (χ0n) is 20.9. The molecule has 4 nitrogen and oxygen atoms in total. The molecule has 1 aliphatic carbocycles. The van der Waals surface area contributed by atoms with Crippen molar-refractivity contribution in [1.82, 2.24) is 9.97 Å². The highest BCUT2D eigenvalue weighted by atomic mass is 35.5. The molecule has 4 rings (SSSR count). The zero-order chi connectivity index (χ0) is 26.5. The highest BCUT2D eigenvalue weighted by molar-refractivity contribution is 6.74. The predicted octanol–water partition coefficient (Wildman–Crippen LogP) is 7.98. The van der Waals surface area contributed by atoms with Crippen LogP contribution in [0.3, 0.4) is 0 Å². The van der Waals surface area contributed by atoms with Crippen LogP contribution in [-0.2, 0) is 16.0 Å². The Kier molecular flexibility index (Phi) is 6.90. The van der Waals surface area contributed by atoms with Crippen LogP contribution in [0.5, 0.6) is 0 Å². The summed E-state index contributed by atoms with van der Waals surface area (Å²) in [6.07, 6.45) is -2.18. The van der Waals surface area contributed by atoms with Gasteiger partial charge in [-0.05, 0) is 67.4 Å². The zero-order valence-corrected chi connectivity index (χ0v) is 22.7. The van der Waals surface area contributed by atoms with Gasteiger partial charge < -0.3 is 9.74 Å². The number of fused-ring (bicyclic) bond motifs is 1. The maximum absolute atomic E-state index is 13.6. The summed E-state index contributed by atoms with van der Waals surface area (Å²) < 4.78 is 60.9. The maximum Gasteiger partial charge on any atom is 0.433 e. The molecule has 1 aromatic carbocycles. The van der Waals surface area contributed by atoms with Crippen molar-refractivity contribution in [2.75, 3.05) is 11.9 Å². The summed E-state index contributed by atoms with van der Waals surface area (Å²) in [6.45, 7) is 11.2. The van der Waals surface area contributed by atoms with Crippen molar-refractivity contribution < 1.29 is 22.0 Å². The Balaban J connectivity index is 1.65. The standard InChI is InChI=1S/C26H30ClF4N3OSi/c1-24(2,3)36(4,5)35-18-12-25(13-18,22-9-7-17(28)14-32-22)15-33-21-11-23(26(29,30)31)34-20-8-6-16(27)10-19(20)21/h6-11,14,18H,12-13,15H2,1-5H3,(H,33,34). The van der Waals surface area contributed by atoms with Crippen LogP contribution >= 0.6 is 11.6 Å². The third kappa shape index (κ3) is 5.38. The van der Waals surface area contributed by atoms with Crippen molar-refractivity contribution in [2.24, 2.45) is 0 Å². The van der Waals surface area contributed by atoms with Crippen LogP contribution in [0.4, 0.5) is 23.2 Å². The van der Waals surface area contributed by atoms with E-state index in [1.807, 2.05) is 0 Å². The fourth-order valence-electron chi connectivity index (χ4n) is 4.38. The molecular formula is C26H30ClF4N3OSi. The third-order valence-corrected chi connectivity index (χ3v) is 12.2. The largest absolute Gasteiger partial charge is 0.433 e. The van der Waals surface area contributed by atoms with Crippen molar-refractivity contribution in [1.29, 1.82) is 0 Å².